The predicted octanol–water partition coefficient (Wildman–Crippen LogP) is 2.51. The Morgan fingerprint density at radius 3 is 2.72 bits per heavy atom. The summed E-state index contributed by atoms with van der Waals surface area (Å²) < 4.78 is 0. The molecule has 3 N–H and O–H groups in total. The van der Waals surface area contributed by atoms with Crippen molar-refractivity contribution in [3.8, 4) is 5.75 Å². The molecule has 0 spiro atoms. The van der Waals surface area contributed by atoms with Crippen LogP contribution in [0, 0.1) is 5.92 Å². The second-order valence-electron chi connectivity index (χ2n) is 5.54. The first-order chi connectivity index (χ1) is 8.61. The summed E-state index contributed by atoms with van der Waals surface area (Å²) in [4.78, 5) is 2.42. The SMILES string of the molecule is CCC(c1ccccc1O)N1CC(C)CC(N)C1. The standard InChI is InChI=1S/C15H24N2O/c1-3-14(13-6-4-5-7-15(13)18)17-9-11(2)8-12(16)10-17/h4-7,11-12,14,18H,3,8-10,16H2,1-2H3. The lowest BCUT2D eigenvalue weighted by atomic mass is 9.92. The van der Waals surface area contributed by atoms with Gasteiger partial charge in [0.25, 0.3) is 0 Å². The van der Waals surface area contributed by atoms with E-state index in [1.54, 1.807) is 6.07 Å². The lowest BCUT2D eigenvalue weighted by molar-refractivity contribution is 0.111. The number of rotatable bonds is 3. The van der Waals surface area contributed by atoms with Gasteiger partial charge >= 0.3 is 0 Å². The van der Waals surface area contributed by atoms with E-state index >= 15 is 0 Å². The van der Waals surface area contributed by atoms with Crippen LogP contribution in [0.15, 0.2) is 24.3 Å². The molecule has 3 nitrogen and oxygen atoms in total. The highest BCUT2D eigenvalue weighted by atomic mass is 16.3. The monoisotopic (exact) mass is 248 g/mol. The van der Waals surface area contributed by atoms with Crippen LogP contribution < -0.4 is 5.73 Å². The molecule has 0 aromatic heterocycles. The normalized spacial score (nSPS) is 27.1. The Balaban J connectivity index is 2.20. The van der Waals surface area contributed by atoms with Crippen LogP contribution in [0.5, 0.6) is 5.75 Å². The molecule has 1 aromatic rings. The highest BCUT2D eigenvalue weighted by Crippen LogP contribution is 2.33. The number of benzene rings is 1. The number of phenolic OH excluding ortho intramolecular Hbond substituents is 1. The van der Waals surface area contributed by atoms with Crippen LogP contribution in [0.25, 0.3) is 0 Å². The average Bonchev–Trinajstić information content (AvgIpc) is 2.31. The van der Waals surface area contributed by atoms with Gasteiger partial charge in [-0.1, -0.05) is 32.0 Å². The van der Waals surface area contributed by atoms with Gasteiger partial charge in [0.1, 0.15) is 5.75 Å². The summed E-state index contributed by atoms with van der Waals surface area (Å²) in [7, 11) is 0. The molecule has 2 rings (SSSR count). The van der Waals surface area contributed by atoms with Crippen molar-refractivity contribution in [2.24, 2.45) is 11.7 Å². The summed E-state index contributed by atoms with van der Waals surface area (Å²) in [6.07, 6.45) is 2.10. The number of piperidine rings is 1. The molecule has 1 aromatic carbocycles. The zero-order valence-electron chi connectivity index (χ0n) is 11.3. The number of aromatic hydroxyl groups is 1. The van der Waals surface area contributed by atoms with E-state index in [-0.39, 0.29) is 12.1 Å². The van der Waals surface area contributed by atoms with Gasteiger partial charge in [0.05, 0.1) is 0 Å². The van der Waals surface area contributed by atoms with E-state index in [4.69, 9.17) is 5.73 Å². The minimum atomic E-state index is 0.258. The Kier molecular flexibility index (Phi) is 4.25. The van der Waals surface area contributed by atoms with Crippen molar-refractivity contribution in [2.45, 2.75) is 38.8 Å². The van der Waals surface area contributed by atoms with Crippen LogP contribution >= 0.6 is 0 Å². The second-order valence-corrected chi connectivity index (χ2v) is 5.54. The smallest absolute Gasteiger partial charge is 0.120 e. The third kappa shape index (κ3) is 2.85. The third-order valence-corrected chi connectivity index (χ3v) is 3.84. The molecule has 1 heterocycles. The number of likely N-dealkylation sites (tertiary alicyclic amines) is 1. The molecule has 0 saturated carbocycles. The number of hydrogen-bond acceptors (Lipinski definition) is 3. The van der Waals surface area contributed by atoms with Crippen LogP contribution in [-0.2, 0) is 0 Å². The van der Waals surface area contributed by atoms with E-state index in [1.165, 1.54) is 0 Å². The summed E-state index contributed by atoms with van der Waals surface area (Å²) in [5, 5.41) is 10.0. The van der Waals surface area contributed by atoms with Crippen LogP contribution in [0.2, 0.25) is 0 Å². The average molecular weight is 248 g/mol. The van der Waals surface area contributed by atoms with E-state index in [0.29, 0.717) is 11.7 Å². The molecule has 1 aliphatic rings. The summed E-state index contributed by atoms with van der Waals surface area (Å²) in [6.45, 7) is 6.42. The maximum absolute atomic E-state index is 10.0. The molecule has 0 bridgehead atoms. The number of hydrogen-bond donors (Lipinski definition) is 2. The number of para-hydroxylation sites is 1. The number of nitrogens with two attached hydrogens (primary N) is 1. The van der Waals surface area contributed by atoms with E-state index in [9.17, 15) is 5.11 Å². The lowest BCUT2D eigenvalue weighted by Crippen LogP contribution is -2.47. The minimum absolute atomic E-state index is 0.258. The fraction of sp³-hybridized carbons (Fsp3) is 0.600. The van der Waals surface area contributed by atoms with Gasteiger partial charge in [0, 0.05) is 30.7 Å². The molecule has 0 radical (unpaired) electrons. The zero-order chi connectivity index (χ0) is 13.1. The largest absolute Gasteiger partial charge is 0.508 e. The molecule has 1 fully saturated rings. The summed E-state index contributed by atoms with van der Waals surface area (Å²) in [5.41, 5.74) is 7.15. The van der Waals surface area contributed by atoms with Crippen molar-refractivity contribution < 1.29 is 5.11 Å². The van der Waals surface area contributed by atoms with Crippen molar-refractivity contribution in [3.63, 3.8) is 0 Å². The summed E-state index contributed by atoms with van der Waals surface area (Å²) in [6, 6.07) is 8.19. The molecule has 0 aliphatic carbocycles. The van der Waals surface area contributed by atoms with Crippen LogP contribution in [0.3, 0.4) is 0 Å². The van der Waals surface area contributed by atoms with E-state index in [2.05, 4.69) is 18.7 Å². The third-order valence-electron chi connectivity index (χ3n) is 3.84. The maximum Gasteiger partial charge on any atom is 0.120 e. The van der Waals surface area contributed by atoms with Gasteiger partial charge in [0.2, 0.25) is 0 Å². The van der Waals surface area contributed by atoms with E-state index < -0.39 is 0 Å². The van der Waals surface area contributed by atoms with Crippen molar-refractivity contribution in [2.75, 3.05) is 13.1 Å². The van der Waals surface area contributed by atoms with Gasteiger partial charge in [-0.25, -0.2) is 0 Å². The molecular formula is C15H24N2O. The molecule has 3 atom stereocenters. The molecule has 3 heteroatoms. The van der Waals surface area contributed by atoms with Crippen LogP contribution in [0.4, 0.5) is 0 Å². The Morgan fingerprint density at radius 1 is 1.39 bits per heavy atom. The van der Waals surface area contributed by atoms with E-state index in [1.807, 2.05) is 18.2 Å². The molecule has 100 valence electrons. The van der Waals surface area contributed by atoms with Gasteiger partial charge in [-0.3, -0.25) is 4.90 Å². The Hall–Kier alpha value is -1.06. The molecular weight excluding hydrogens is 224 g/mol. The lowest BCUT2D eigenvalue weighted by Gasteiger charge is -2.40. The Bertz CT molecular complexity index is 384. The van der Waals surface area contributed by atoms with Crippen molar-refractivity contribution in [1.29, 1.82) is 0 Å². The van der Waals surface area contributed by atoms with Crippen LogP contribution in [-0.4, -0.2) is 29.1 Å². The Morgan fingerprint density at radius 2 is 2.11 bits per heavy atom. The number of nitrogens with zero attached hydrogens (tertiary/aromatic N) is 1. The van der Waals surface area contributed by atoms with Crippen molar-refractivity contribution >= 4 is 0 Å². The minimum Gasteiger partial charge on any atom is -0.508 e. The van der Waals surface area contributed by atoms with Gasteiger partial charge in [-0.15, -0.1) is 0 Å². The highest BCUT2D eigenvalue weighted by Gasteiger charge is 2.28. The predicted molar refractivity (Wildman–Crippen MR) is 74.5 cm³/mol. The van der Waals surface area contributed by atoms with E-state index in [0.717, 1.165) is 31.5 Å². The zero-order valence-corrected chi connectivity index (χ0v) is 11.3. The summed E-state index contributed by atoms with van der Waals surface area (Å²) >= 11 is 0. The fourth-order valence-electron chi connectivity index (χ4n) is 3.14. The van der Waals surface area contributed by atoms with Gasteiger partial charge in [-0.2, -0.15) is 0 Å². The first-order valence-electron chi connectivity index (χ1n) is 6.89. The van der Waals surface area contributed by atoms with Crippen LogP contribution in [0.1, 0.15) is 38.3 Å². The number of phenols is 1. The van der Waals surface area contributed by atoms with Gasteiger partial charge in [0.15, 0.2) is 0 Å². The van der Waals surface area contributed by atoms with Gasteiger partial charge < -0.3 is 10.8 Å². The molecule has 0 amide bonds. The fourth-order valence-corrected chi connectivity index (χ4v) is 3.14. The molecule has 1 saturated heterocycles. The first kappa shape index (κ1) is 13.4. The summed E-state index contributed by atoms with van der Waals surface area (Å²) in [5.74, 6) is 1.03. The second kappa shape index (κ2) is 5.72. The van der Waals surface area contributed by atoms with Crippen molar-refractivity contribution in [1.82, 2.24) is 4.90 Å². The maximum atomic E-state index is 10.0. The quantitative estimate of drug-likeness (QED) is 0.864. The Labute approximate surface area is 110 Å². The van der Waals surface area contributed by atoms with Gasteiger partial charge in [-0.05, 0) is 24.8 Å². The molecule has 18 heavy (non-hydrogen) atoms. The molecule has 1 aliphatic heterocycles. The highest BCUT2D eigenvalue weighted by molar-refractivity contribution is 5.34. The van der Waals surface area contributed by atoms with Crippen molar-refractivity contribution in [3.05, 3.63) is 29.8 Å². The topological polar surface area (TPSA) is 49.5 Å². The molecule has 3 unspecified atom stereocenters. The first-order valence-corrected chi connectivity index (χ1v) is 6.89.